The van der Waals surface area contributed by atoms with Gasteiger partial charge in [0.2, 0.25) is 5.91 Å². The van der Waals surface area contributed by atoms with Crippen molar-refractivity contribution in [1.82, 2.24) is 5.32 Å². The molecule has 0 bridgehead atoms. The van der Waals surface area contributed by atoms with Gasteiger partial charge in [-0.1, -0.05) is 134 Å². The molecule has 0 rings (SSSR count). The number of allylic oxidation sites excluding steroid dienone is 3. The number of unbranched alkanes of at least 4 members (excludes halogenated alkanes) is 17. The van der Waals surface area contributed by atoms with Crippen molar-refractivity contribution in [3.63, 3.8) is 0 Å². The molecule has 0 aliphatic heterocycles. The van der Waals surface area contributed by atoms with Crippen molar-refractivity contribution in [2.75, 3.05) is 5.75 Å². The van der Waals surface area contributed by atoms with Gasteiger partial charge in [-0.3, -0.25) is 9.35 Å². The van der Waals surface area contributed by atoms with Crippen molar-refractivity contribution < 1.29 is 22.9 Å². The average Bonchev–Trinajstić information content (AvgIpc) is 2.86. The number of aliphatic hydroxyl groups excluding tert-OH is 1. The molecule has 38 heavy (non-hydrogen) atoms. The molecule has 0 aliphatic rings. The number of hydrogen-bond acceptors (Lipinski definition) is 4. The van der Waals surface area contributed by atoms with Crippen molar-refractivity contribution in [3.8, 4) is 0 Å². The van der Waals surface area contributed by atoms with E-state index in [-0.39, 0.29) is 5.91 Å². The molecule has 0 aromatic carbocycles. The molecule has 0 saturated heterocycles. The highest BCUT2D eigenvalue weighted by molar-refractivity contribution is 7.85. The maximum Gasteiger partial charge on any atom is 0.267 e. The van der Waals surface area contributed by atoms with Gasteiger partial charge in [0, 0.05) is 6.42 Å². The molecule has 0 spiro atoms. The Morgan fingerprint density at radius 3 is 1.66 bits per heavy atom. The minimum absolute atomic E-state index is 0.291. The number of hydrogen-bond donors (Lipinski definition) is 3. The summed E-state index contributed by atoms with van der Waals surface area (Å²) in [5, 5.41) is 13.0. The van der Waals surface area contributed by atoms with Crippen LogP contribution >= 0.6 is 0 Å². The van der Waals surface area contributed by atoms with Crippen molar-refractivity contribution in [2.45, 2.75) is 161 Å². The topological polar surface area (TPSA) is 104 Å². The zero-order valence-electron chi connectivity index (χ0n) is 24.5. The Balaban J connectivity index is 4.10. The van der Waals surface area contributed by atoms with Crippen LogP contribution in [0.25, 0.3) is 0 Å². The SMILES string of the molecule is CCCCCC/C=C/CC/C=C/C(O)C(CS(=O)(=O)O)NC(=O)CCCCCCCCCCCCCCC. The van der Waals surface area contributed by atoms with E-state index >= 15 is 0 Å². The van der Waals surface area contributed by atoms with E-state index in [1.807, 2.05) is 0 Å². The monoisotopic (exact) mass is 557 g/mol. The van der Waals surface area contributed by atoms with Gasteiger partial charge in [0.05, 0.1) is 17.9 Å². The summed E-state index contributed by atoms with van der Waals surface area (Å²) in [6.07, 6.45) is 30.2. The fourth-order valence-corrected chi connectivity index (χ4v) is 5.26. The van der Waals surface area contributed by atoms with Crippen LogP contribution < -0.4 is 5.32 Å². The van der Waals surface area contributed by atoms with E-state index in [9.17, 15) is 22.9 Å². The Labute approximate surface area is 234 Å². The molecule has 0 aromatic rings. The van der Waals surface area contributed by atoms with Crippen molar-refractivity contribution in [2.24, 2.45) is 0 Å². The predicted octanol–water partition coefficient (Wildman–Crippen LogP) is 8.06. The van der Waals surface area contributed by atoms with Crippen molar-refractivity contribution in [1.29, 1.82) is 0 Å². The minimum Gasteiger partial charge on any atom is -0.387 e. The van der Waals surface area contributed by atoms with Crippen LogP contribution in [0.1, 0.15) is 149 Å². The lowest BCUT2D eigenvalue weighted by molar-refractivity contribution is -0.122. The fraction of sp³-hybridized carbons (Fsp3) is 0.839. The minimum atomic E-state index is -4.33. The highest BCUT2D eigenvalue weighted by Gasteiger charge is 2.24. The molecule has 2 atom stereocenters. The van der Waals surface area contributed by atoms with Crippen LogP contribution in [-0.4, -0.2) is 41.9 Å². The molecule has 3 N–H and O–H groups in total. The lowest BCUT2D eigenvalue weighted by Crippen LogP contribution is -2.46. The summed E-state index contributed by atoms with van der Waals surface area (Å²) in [5.41, 5.74) is 0. The van der Waals surface area contributed by atoms with E-state index in [4.69, 9.17) is 0 Å². The van der Waals surface area contributed by atoms with Crippen molar-refractivity contribution >= 4 is 16.0 Å². The Morgan fingerprint density at radius 2 is 1.13 bits per heavy atom. The van der Waals surface area contributed by atoms with Gasteiger partial charge in [0.25, 0.3) is 10.1 Å². The Morgan fingerprint density at radius 1 is 0.684 bits per heavy atom. The third-order valence-corrected chi connectivity index (χ3v) is 7.66. The van der Waals surface area contributed by atoms with Crippen molar-refractivity contribution in [3.05, 3.63) is 24.3 Å². The normalized spacial score (nSPS) is 13.9. The van der Waals surface area contributed by atoms with Crippen LogP contribution in [0.4, 0.5) is 0 Å². The van der Waals surface area contributed by atoms with E-state index in [0.717, 1.165) is 32.1 Å². The number of nitrogens with one attached hydrogen (secondary N) is 1. The summed E-state index contributed by atoms with van der Waals surface area (Å²) in [6.45, 7) is 4.44. The molecule has 0 aliphatic carbocycles. The number of carbonyl (C=O) groups is 1. The van der Waals surface area contributed by atoms with E-state index in [1.165, 1.54) is 96.0 Å². The molecule has 0 radical (unpaired) electrons. The molecule has 6 nitrogen and oxygen atoms in total. The summed E-state index contributed by atoms with van der Waals surface area (Å²) >= 11 is 0. The summed E-state index contributed by atoms with van der Waals surface area (Å²) < 4.78 is 32.1. The standard InChI is InChI=1S/C31H59NO5S/c1-3-5-7-9-11-13-15-16-17-19-21-23-25-27-31(34)32-29(28-38(35,36)37)30(33)26-24-22-20-18-14-12-10-8-6-4-2/h14,18,24,26,29-30,33H,3-13,15-17,19-23,25,27-28H2,1-2H3,(H,32,34)(H,35,36,37)/b18-14+,26-24+. The number of rotatable bonds is 27. The van der Waals surface area contributed by atoms with Crippen LogP contribution in [0.3, 0.4) is 0 Å². The van der Waals surface area contributed by atoms with Crippen LogP contribution in [0.15, 0.2) is 24.3 Å². The highest BCUT2D eigenvalue weighted by atomic mass is 32.2. The quantitative estimate of drug-likeness (QED) is 0.0538. The number of amides is 1. The van der Waals surface area contributed by atoms with E-state index in [0.29, 0.717) is 12.8 Å². The van der Waals surface area contributed by atoms with Crippen LogP contribution in [-0.2, 0) is 14.9 Å². The second kappa shape index (κ2) is 26.1. The molecule has 224 valence electrons. The van der Waals surface area contributed by atoms with Gasteiger partial charge in [-0.25, -0.2) is 0 Å². The van der Waals surface area contributed by atoms with Gasteiger partial charge in [-0.2, -0.15) is 8.42 Å². The lowest BCUT2D eigenvalue weighted by Gasteiger charge is -2.21. The molecule has 1 amide bonds. The molecule has 0 aromatic heterocycles. The highest BCUT2D eigenvalue weighted by Crippen LogP contribution is 2.13. The first-order chi connectivity index (χ1) is 18.3. The fourth-order valence-electron chi connectivity index (χ4n) is 4.52. The zero-order valence-corrected chi connectivity index (χ0v) is 25.4. The van der Waals surface area contributed by atoms with Gasteiger partial charge >= 0.3 is 0 Å². The summed E-state index contributed by atoms with van der Waals surface area (Å²) in [7, 11) is -4.33. The molecular weight excluding hydrogens is 498 g/mol. The smallest absolute Gasteiger partial charge is 0.267 e. The summed E-state index contributed by atoms with van der Waals surface area (Å²) in [4.78, 5) is 12.4. The van der Waals surface area contributed by atoms with Gasteiger partial charge in [0.15, 0.2) is 0 Å². The summed E-state index contributed by atoms with van der Waals surface area (Å²) in [6, 6.07) is -1.06. The molecule has 2 unspecified atom stereocenters. The third-order valence-electron chi connectivity index (χ3n) is 6.88. The summed E-state index contributed by atoms with van der Waals surface area (Å²) in [5.74, 6) is -0.999. The third kappa shape index (κ3) is 26.4. The zero-order chi connectivity index (χ0) is 28.3. The largest absolute Gasteiger partial charge is 0.387 e. The average molecular weight is 558 g/mol. The number of aliphatic hydroxyl groups is 1. The first kappa shape index (κ1) is 36.8. The first-order valence-corrected chi connectivity index (χ1v) is 17.1. The Kier molecular flexibility index (Phi) is 25.3. The van der Waals surface area contributed by atoms with E-state index in [1.54, 1.807) is 6.08 Å². The maximum atomic E-state index is 12.4. The van der Waals surface area contributed by atoms with Gasteiger partial charge in [-0.05, 0) is 32.1 Å². The van der Waals surface area contributed by atoms with Gasteiger partial charge in [-0.15, -0.1) is 0 Å². The molecule has 0 heterocycles. The number of carbonyl (C=O) groups excluding carboxylic acids is 1. The van der Waals surface area contributed by atoms with Gasteiger partial charge in [0.1, 0.15) is 0 Å². The molecular formula is C31H59NO5S. The molecule has 7 heteroatoms. The Bertz CT molecular complexity index is 705. The van der Waals surface area contributed by atoms with Crippen LogP contribution in [0, 0.1) is 0 Å². The van der Waals surface area contributed by atoms with E-state index < -0.39 is 28.0 Å². The Hall–Kier alpha value is -1.18. The maximum absolute atomic E-state index is 12.4. The lowest BCUT2D eigenvalue weighted by atomic mass is 10.0. The predicted molar refractivity (Wildman–Crippen MR) is 161 cm³/mol. The van der Waals surface area contributed by atoms with Crippen LogP contribution in [0.5, 0.6) is 0 Å². The molecule has 0 saturated carbocycles. The second-order valence-electron chi connectivity index (χ2n) is 10.7. The van der Waals surface area contributed by atoms with Gasteiger partial charge < -0.3 is 10.4 Å². The second-order valence-corrected chi connectivity index (χ2v) is 12.2. The van der Waals surface area contributed by atoms with Crippen LogP contribution in [0.2, 0.25) is 0 Å². The van der Waals surface area contributed by atoms with E-state index in [2.05, 4.69) is 31.3 Å². The molecule has 0 fully saturated rings. The first-order valence-electron chi connectivity index (χ1n) is 15.5.